The van der Waals surface area contributed by atoms with Gasteiger partial charge in [0.1, 0.15) is 0 Å². The molecule has 1 aliphatic rings. The predicted molar refractivity (Wildman–Crippen MR) is 114 cm³/mol. The Morgan fingerprint density at radius 3 is 2.53 bits per heavy atom. The minimum absolute atomic E-state index is 0.0444. The number of carbonyl (C=O) groups is 2. The number of piperidine rings is 1. The van der Waals surface area contributed by atoms with E-state index in [1.807, 2.05) is 0 Å². The lowest BCUT2D eigenvalue weighted by Crippen LogP contribution is -2.41. The number of anilines is 1. The lowest BCUT2D eigenvalue weighted by Gasteiger charge is -2.32. The molecule has 160 valence electrons. The van der Waals surface area contributed by atoms with Gasteiger partial charge in [-0.2, -0.15) is 0 Å². The molecule has 2 amide bonds. The molecular formula is C21H26N4O4S. The molecule has 0 saturated carbocycles. The molecule has 30 heavy (non-hydrogen) atoms. The number of nitrogens with zero attached hydrogens (tertiary/aromatic N) is 2. The van der Waals surface area contributed by atoms with E-state index in [9.17, 15) is 18.0 Å². The van der Waals surface area contributed by atoms with Crippen LogP contribution in [0.25, 0.3) is 0 Å². The smallest absolute Gasteiger partial charge is 0.255 e. The number of amides is 2. The van der Waals surface area contributed by atoms with Crippen LogP contribution in [-0.2, 0) is 14.8 Å². The number of hydrogen-bond donors (Lipinski definition) is 2. The third kappa shape index (κ3) is 5.43. The van der Waals surface area contributed by atoms with E-state index in [2.05, 4.69) is 15.0 Å². The van der Waals surface area contributed by atoms with Crippen molar-refractivity contribution in [2.75, 3.05) is 25.0 Å². The van der Waals surface area contributed by atoms with Crippen molar-refractivity contribution in [2.24, 2.45) is 5.92 Å². The first kappa shape index (κ1) is 21.9. The summed E-state index contributed by atoms with van der Waals surface area (Å²) in [5, 5.41) is 2.64. The lowest BCUT2D eigenvalue weighted by atomic mass is 9.97. The highest BCUT2D eigenvalue weighted by atomic mass is 32.2. The van der Waals surface area contributed by atoms with Crippen molar-refractivity contribution in [2.45, 2.75) is 31.6 Å². The number of aryl methyl sites for hydroxylation is 1. The van der Waals surface area contributed by atoms with Crippen LogP contribution in [0.2, 0.25) is 0 Å². The molecule has 0 radical (unpaired) electrons. The minimum Gasteiger partial charge on any atom is -0.339 e. The zero-order valence-electron chi connectivity index (χ0n) is 17.1. The van der Waals surface area contributed by atoms with E-state index in [0.29, 0.717) is 36.4 Å². The van der Waals surface area contributed by atoms with E-state index in [4.69, 9.17) is 0 Å². The van der Waals surface area contributed by atoms with Gasteiger partial charge in [0.25, 0.3) is 5.91 Å². The zero-order valence-corrected chi connectivity index (χ0v) is 17.9. The second kappa shape index (κ2) is 9.36. The maximum atomic E-state index is 12.7. The Morgan fingerprint density at radius 1 is 1.20 bits per heavy atom. The number of carbonyl (C=O) groups excluding carboxylic acids is 2. The molecular weight excluding hydrogens is 404 g/mol. The van der Waals surface area contributed by atoms with Crippen molar-refractivity contribution in [1.29, 1.82) is 0 Å². The molecule has 1 saturated heterocycles. The second-order valence-corrected chi connectivity index (χ2v) is 9.23. The van der Waals surface area contributed by atoms with E-state index in [-0.39, 0.29) is 22.6 Å². The van der Waals surface area contributed by atoms with Crippen LogP contribution in [0.5, 0.6) is 0 Å². The summed E-state index contributed by atoms with van der Waals surface area (Å²) >= 11 is 0. The number of benzene rings is 1. The highest BCUT2D eigenvalue weighted by molar-refractivity contribution is 7.89. The van der Waals surface area contributed by atoms with Crippen LogP contribution in [0.1, 0.15) is 35.7 Å². The molecule has 9 heteroatoms. The van der Waals surface area contributed by atoms with Crippen LogP contribution >= 0.6 is 0 Å². The molecule has 1 aromatic heterocycles. The Kier molecular flexibility index (Phi) is 6.84. The summed E-state index contributed by atoms with van der Waals surface area (Å²) in [4.78, 5) is 29.6. The zero-order chi connectivity index (χ0) is 21.7. The Hall–Kier alpha value is -2.78. The van der Waals surface area contributed by atoms with Gasteiger partial charge in [-0.05, 0) is 61.6 Å². The number of nitrogens with one attached hydrogen (secondary N) is 2. The number of pyridine rings is 1. The number of hydrogen-bond acceptors (Lipinski definition) is 5. The fourth-order valence-electron chi connectivity index (χ4n) is 3.55. The Bertz CT molecular complexity index is 1020. The molecule has 2 aromatic rings. The molecule has 0 atom stereocenters. The lowest BCUT2D eigenvalue weighted by molar-refractivity contribution is -0.114. The number of rotatable bonds is 6. The maximum absolute atomic E-state index is 12.7. The fraction of sp³-hybridized carbons (Fsp3) is 0.381. The summed E-state index contributed by atoms with van der Waals surface area (Å²) in [6.07, 6.45) is 4.65. The van der Waals surface area contributed by atoms with Crippen molar-refractivity contribution >= 4 is 27.5 Å². The summed E-state index contributed by atoms with van der Waals surface area (Å²) in [5.74, 6) is -0.0924. The van der Waals surface area contributed by atoms with Crippen molar-refractivity contribution in [3.8, 4) is 0 Å². The van der Waals surface area contributed by atoms with Gasteiger partial charge < -0.3 is 10.2 Å². The fourth-order valence-corrected chi connectivity index (χ4v) is 4.89. The van der Waals surface area contributed by atoms with E-state index in [1.165, 1.54) is 13.0 Å². The van der Waals surface area contributed by atoms with Crippen LogP contribution in [0.4, 0.5) is 5.69 Å². The van der Waals surface area contributed by atoms with Crippen molar-refractivity contribution in [1.82, 2.24) is 14.6 Å². The van der Waals surface area contributed by atoms with E-state index in [1.54, 1.807) is 48.5 Å². The Morgan fingerprint density at radius 2 is 1.93 bits per heavy atom. The Labute approximate surface area is 176 Å². The van der Waals surface area contributed by atoms with Crippen molar-refractivity contribution in [3.63, 3.8) is 0 Å². The van der Waals surface area contributed by atoms with Crippen molar-refractivity contribution < 1.29 is 18.0 Å². The first-order valence-corrected chi connectivity index (χ1v) is 11.3. The van der Waals surface area contributed by atoms with Gasteiger partial charge in [-0.15, -0.1) is 0 Å². The summed E-state index contributed by atoms with van der Waals surface area (Å²) in [6, 6.07) is 8.19. The van der Waals surface area contributed by atoms with Gasteiger partial charge in [0.15, 0.2) is 0 Å². The molecule has 0 bridgehead atoms. The standard InChI is InChI=1S/C21H26N4O4S/c1-15-12-19(24-16(2)26)5-6-20(15)30(28,29)23-13-17-7-10-25(11-8-17)21(27)18-4-3-9-22-14-18/h3-6,9,12,14,17,23H,7-8,10-11,13H2,1-2H3,(H,24,26). The van der Waals surface area contributed by atoms with E-state index < -0.39 is 10.0 Å². The molecule has 0 unspecified atom stereocenters. The SMILES string of the molecule is CC(=O)Nc1ccc(S(=O)(=O)NCC2CCN(C(=O)c3cccnc3)CC2)c(C)c1. The van der Waals surface area contributed by atoms with E-state index >= 15 is 0 Å². The molecule has 3 rings (SSSR count). The molecule has 2 heterocycles. The average Bonchev–Trinajstić information content (AvgIpc) is 2.72. The third-order valence-electron chi connectivity index (χ3n) is 5.16. The van der Waals surface area contributed by atoms with Crippen molar-refractivity contribution in [3.05, 3.63) is 53.9 Å². The molecule has 0 aliphatic carbocycles. The monoisotopic (exact) mass is 430 g/mol. The van der Waals surface area contributed by atoms with Gasteiger partial charge in [-0.1, -0.05) is 0 Å². The molecule has 1 aliphatic heterocycles. The minimum atomic E-state index is -3.66. The second-order valence-electron chi connectivity index (χ2n) is 7.49. The summed E-state index contributed by atoms with van der Waals surface area (Å²) in [5.41, 5.74) is 1.69. The van der Waals surface area contributed by atoms with Gasteiger partial charge in [-0.3, -0.25) is 14.6 Å². The number of aromatic nitrogens is 1. The van der Waals surface area contributed by atoms with Gasteiger partial charge >= 0.3 is 0 Å². The van der Waals surface area contributed by atoms with Gasteiger partial charge in [0.2, 0.25) is 15.9 Å². The Balaban J connectivity index is 1.55. The normalized spacial score (nSPS) is 15.1. The molecule has 2 N–H and O–H groups in total. The quantitative estimate of drug-likeness (QED) is 0.730. The topological polar surface area (TPSA) is 108 Å². The van der Waals surface area contributed by atoms with Crippen LogP contribution in [0.3, 0.4) is 0 Å². The van der Waals surface area contributed by atoms with Crippen LogP contribution < -0.4 is 10.0 Å². The average molecular weight is 431 g/mol. The highest BCUT2D eigenvalue weighted by Gasteiger charge is 2.25. The molecule has 1 fully saturated rings. The van der Waals surface area contributed by atoms with Crippen LogP contribution in [0, 0.1) is 12.8 Å². The van der Waals surface area contributed by atoms with Gasteiger partial charge in [0, 0.05) is 44.6 Å². The summed E-state index contributed by atoms with van der Waals surface area (Å²) < 4.78 is 28.1. The van der Waals surface area contributed by atoms with Gasteiger partial charge in [-0.25, -0.2) is 13.1 Å². The van der Waals surface area contributed by atoms with Gasteiger partial charge in [0.05, 0.1) is 10.5 Å². The maximum Gasteiger partial charge on any atom is 0.255 e. The molecule has 0 spiro atoms. The van der Waals surface area contributed by atoms with Crippen LogP contribution in [-0.4, -0.2) is 49.8 Å². The number of likely N-dealkylation sites (tertiary alicyclic amines) is 1. The van der Waals surface area contributed by atoms with E-state index in [0.717, 1.165) is 12.8 Å². The largest absolute Gasteiger partial charge is 0.339 e. The molecule has 1 aromatic carbocycles. The number of sulfonamides is 1. The predicted octanol–water partition coefficient (Wildman–Crippen LogP) is 2.18. The first-order chi connectivity index (χ1) is 14.3. The van der Waals surface area contributed by atoms with Crippen LogP contribution in [0.15, 0.2) is 47.6 Å². The third-order valence-corrected chi connectivity index (χ3v) is 6.74. The summed E-state index contributed by atoms with van der Waals surface area (Å²) in [7, 11) is -3.66. The summed E-state index contributed by atoms with van der Waals surface area (Å²) in [6.45, 7) is 4.60. The first-order valence-electron chi connectivity index (χ1n) is 9.83. The highest BCUT2D eigenvalue weighted by Crippen LogP contribution is 2.22. The molecule has 8 nitrogen and oxygen atoms in total.